The Morgan fingerprint density at radius 2 is 1.26 bits per heavy atom. The quantitative estimate of drug-likeness (QED) is 0.107. The number of pyridine rings is 1. The SMILES string of the molecule is [2H]C1([2H])CCCC([2H])([2H])C1(c1ccccc1)c1ccnc(-n2c3[c-]c(Oc4[c-]c(N5[CH-]N(c6c([Si](C)(C)C)cccc6[Si](C)(C)C)c6ccccc65)cc(C(C)(C)C)c4)ccc3c3cc(C(C)(C)C)ccc32)c1.[Pt]. The van der Waals surface area contributed by atoms with Gasteiger partial charge >= 0.3 is 0 Å². The molecule has 0 saturated heterocycles. The second-order valence-corrected chi connectivity index (χ2v) is 33.2. The molecule has 1 fully saturated rings. The van der Waals surface area contributed by atoms with Crippen molar-refractivity contribution in [2.45, 2.75) is 129 Å². The van der Waals surface area contributed by atoms with Gasteiger partial charge in [0.1, 0.15) is 5.82 Å². The first-order valence-corrected chi connectivity index (χ1v) is 31.7. The van der Waals surface area contributed by atoms with Crippen molar-refractivity contribution in [3.8, 4) is 17.3 Å². The van der Waals surface area contributed by atoms with Crippen molar-refractivity contribution < 1.29 is 31.3 Å². The minimum absolute atomic E-state index is 0. The van der Waals surface area contributed by atoms with Crippen LogP contribution in [0.2, 0.25) is 39.3 Å². The zero-order chi connectivity index (χ0) is 52.3. The number of rotatable bonds is 9. The van der Waals surface area contributed by atoms with E-state index in [1.165, 1.54) is 21.6 Å². The van der Waals surface area contributed by atoms with Crippen molar-refractivity contribution in [2.24, 2.45) is 0 Å². The molecule has 10 rings (SSSR count). The number of aromatic nitrogens is 2. The average Bonchev–Trinajstić information content (AvgIpc) is 3.86. The van der Waals surface area contributed by atoms with Crippen molar-refractivity contribution in [1.82, 2.24) is 9.55 Å². The van der Waals surface area contributed by atoms with E-state index in [1.807, 2.05) is 48.5 Å². The monoisotopic (exact) mass is 1140 g/mol. The van der Waals surface area contributed by atoms with Crippen LogP contribution in [0.3, 0.4) is 0 Å². The van der Waals surface area contributed by atoms with Crippen molar-refractivity contribution in [3.05, 3.63) is 175 Å². The first-order valence-electron chi connectivity index (χ1n) is 26.7. The molecule has 364 valence electrons. The number of hydrogen-bond acceptors (Lipinski definition) is 4. The van der Waals surface area contributed by atoms with E-state index in [-0.39, 0.29) is 44.7 Å². The molecule has 0 atom stereocenters. The van der Waals surface area contributed by atoms with E-state index in [0.717, 1.165) is 44.4 Å². The number of nitrogens with zero attached hydrogens (tertiary/aromatic N) is 4. The Morgan fingerprint density at radius 1 is 0.614 bits per heavy atom. The van der Waals surface area contributed by atoms with Crippen molar-refractivity contribution in [3.63, 3.8) is 0 Å². The molecule has 3 heterocycles. The second-order valence-electron chi connectivity index (χ2n) is 23.1. The molecule has 1 aliphatic heterocycles. The van der Waals surface area contributed by atoms with Crippen LogP contribution in [0.4, 0.5) is 22.7 Å². The van der Waals surface area contributed by atoms with Gasteiger partial charge in [0.2, 0.25) is 0 Å². The molecule has 2 aliphatic rings. The minimum Gasteiger partial charge on any atom is -0.509 e. The van der Waals surface area contributed by atoms with Crippen molar-refractivity contribution in [1.29, 1.82) is 0 Å². The number of ether oxygens (including phenoxy) is 1. The van der Waals surface area contributed by atoms with Gasteiger partial charge in [-0.05, 0) is 86.4 Å². The van der Waals surface area contributed by atoms with Crippen LogP contribution < -0.4 is 24.9 Å². The molecule has 1 aliphatic carbocycles. The molecule has 0 radical (unpaired) electrons. The summed E-state index contributed by atoms with van der Waals surface area (Å²) >= 11 is 0. The Kier molecular flexibility index (Phi) is 11.8. The summed E-state index contributed by atoms with van der Waals surface area (Å²) in [6.07, 6.45) is -1.16. The Morgan fingerprint density at radius 3 is 1.90 bits per heavy atom. The molecule has 0 bridgehead atoms. The van der Waals surface area contributed by atoms with Crippen LogP contribution >= 0.6 is 0 Å². The average molecular weight is 1140 g/mol. The summed E-state index contributed by atoms with van der Waals surface area (Å²) in [6, 6.07) is 51.2. The molecule has 70 heavy (non-hydrogen) atoms. The fourth-order valence-electron chi connectivity index (χ4n) is 10.2. The van der Waals surface area contributed by atoms with Crippen LogP contribution in [0.1, 0.15) is 101 Å². The molecular formula is C62H69N4OPtSi2-3. The molecule has 5 nitrogen and oxygen atoms in total. The van der Waals surface area contributed by atoms with Gasteiger partial charge in [0.25, 0.3) is 0 Å². The predicted octanol–water partition coefficient (Wildman–Crippen LogP) is 15.9. The van der Waals surface area contributed by atoms with Gasteiger partial charge in [-0.1, -0.05) is 178 Å². The largest absolute Gasteiger partial charge is 0.509 e. The van der Waals surface area contributed by atoms with Gasteiger partial charge in [-0.2, -0.15) is 6.07 Å². The molecule has 0 spiro atoms. The molecule has 6 aromatic carbocycles. The van der Waals surface area contributed by atoms with Crippen LogP contribution in [-0.4, -0.2) is 25.7 Å². The molecule has 0 N–H and O–H groups in total. The van der Waals surface area contributed by atoms with E-state index in [4.69, 9.17) is 9.72 Å². The second kappa shape index (κ2) is 18.4. The standard InChI is InChI=1S/C62H69N4OSi2.Pt/c1-60(2,3)44-28-31-52-51(38-44)50-30-29-48(41-55(50)66(52)58-39-45(32-35-63-58)62(33-19-14-20-34-62)43-22-15-13-16-23-43)67-49-37-46(61(4,5)6)36-47(40-49)64-42-65(54-25-18-17-24-53(54)64)59-56(68(7,8)9)26-21-27-57(59)69(10,11)12;/h13,15-18,21-32,35-39,42H,14,19-20,33-34H2,1-12H3;/q-3;/i33D2,34D2;. The third-order valence-electron chi connectivity index (χ3n) is 14.0. The van der Waals surface area contributed by atoms with E-state index in [0.29, 0.717) is 34.9 Å². The predicted molar refractivity (Wildman–Crippen MR) is 298 cm³/mol. The molecule has 8 aromatic rings. The minimum atomic E-state index is -1.90. The van der Waals surface area contributed by atoms with Crippen LogP contribution in [-0.2, 0) is 37.3 Å². The first-order chi connectivity index (χ1) is 34.2. The van der Waals surface area contributed by atoms with Crippen LogP contribution in [0.25, 0.3) is 27.6 Å². The topological polar surface area (TPSA) is 33.5 Å². The van der Waals surface area contributed by atoms with E-state index in [9.17, 15) is 5.48 Å². The van der Waals surface area contributed by atoms with Crippen LogP contribution in [0.15, 0.2) is 134 Å². The van der Waals surface area contributed by atoms with Crippen LogP contribution in [0.5, 0.6) is 11.5 Å². The number of hydrogen-bond donors (Lipinski definition) is 0. The fraction of sp³-hybridized carbons (Fsp3) is 0.323. The summed E-state index contributed by atoms with van der Waals surface area (Å²) < 4.78 is 47.6. The molecular weight excluding hydrogens is 1070 g/mol. The summed E-state index contributed by atoms with van der Waals surface area (Å²) in [5, 5.41) is 4.89. The maximum absolute atomic E-state index is 9.63. The molecule has 1 saturated carbocycles. The van der Waals surface area contributed by atoms with Crippen LogP contribution in [0, 0.1) is 18.8 Å². The maximum atomic E-state index is 9.63. The summed E-state index contributed by atoms with van der Waals surface area (Å²) in [5.41, 5.74) is 7.58. The summed E-state index contributed by atoms with van der Waals surface area (Å²) in [6.45, 7) is 30.2. The van der Waals surface area contributed by atoms with Gasteiger partial charge in [0.05, 0.1) is 16.1 Å². The Labute approximate surface area is 440 Å². The number of benzene rings is 6. The summed E-state index contributed by atoms with van der Waals surface area (Å²) in [5.74, 6) is 1.62. The Bertz CT molecular complexity index is 3370. The van der Waals surface area contributed by atoms with E-state index in [1.54, 1.807) is 6.20 Å². The summed E-state index contributed by atoms with van der Waals surface area (Å²) in [4.78, 5) is 9.70. The Hall–Kier alpha value is -5.21. The molecule has 2 aromatic heterocycles. The number of fused-ring (bicyclic) bond motifs is 4. The van der Waals surface area contributed by atoms with Gasteiger partial charge in [-0.3, -0.25) is 0 Å². The number of para-hydroxylation sites is 3. The van der Waals surface area contributed by atoms with Gasteiger partial charge in [0.15, 0.2) is 0 Å². The van der Waals surface area contributed by atoms with Gasteiger partial charge in [-0.15, -0.1) is 53.6 Å². The molecule has 0 amide bonds. The van der Waals surface area contributed by atoms with Gasteiger partial charge in [0, 0.05) is 72.2 Å². The van der Waals surface area contributed by atoms with E-state index in [2.05, 4.69) is 193 Å². The van der Waals surface area contributed by atoms with Gasteiger partial charge in [-0.25, -0.2) is 4.98 Å². The fourth-order valence-corrected chi connectivity index (χ4v) is 13.4. The zero-order valence-electron chi connectivity index (χ0n) is 46.9. The molecule has 0 unspecified atom stereocenters. The normalized spacial score (nSPS) is 17.6. The summed E-state index contributed by atoms with van der Waals surface area (Å²) in [7, 11) is -3.60. The van der Waals surface area contributed by atoms with E-state index < -0.39 is 34.3 Å². The smallest absolute Gasteiger partial charge is 0.135 e. The maximum Gasteiger partial charge on any atom is 0.135 e. The third-order valence-corrected chi connectivity index (χ3v) is 18.0. The Balaban J connectivity index is 0.00000672. The van der Waals surface area contributed by atoms with Crippen molar-refractivity contribution >= 4 is 71.1 Å². The van der Waals surface area contributed by atoms with E-state index >= 15 is 0 Å². The molecule has 8 heteroatoms. The van der Waals surface area contributed by atoms with Crippen molar-refractivity contribution in [2.75, 3.05) is 9.80 Å². The third kappa shape index (κ3) is 9.16. The number of anilines is 4. The zero-order valence-corrected chi connectivity index (χ0v) is 47.2. The van der Waals surface area contributed by atoms with Gasteiger partial charge < -0.3 is 19.1 Å². The first kappa shape index (κ1) is 44.7.